The van der Waals surface area contributed by atoms with E-state index in [2.05, 4.69) is 10.3 Å². The Balaban J connectivity index is 2.64. The summed E-state index contributed by atoms with van der Waals surface area (Å²) >= 11 is 1.66. The van der Waals surface area contributed by atoms with Gasteiger partial charge in [-0.25, -0.2) is 4.98 Å². The monoisotopic (exact) mass is 256 g/mol. The van der Waals surface area contributed by atoms with Crippen molar-refractivity contribution in [2.24, 2.45) is 5.92 Å². The summed E-state index contributed by atoms with van der Waals surface area (Å²) in [7, 11) is 1.42. The van der Waals surface area contributed by atoms with E-state index in [1.807, 2.05) is 27.7 Å². The van der Waals surface area contributed by atoms with Crippen molar-refractivity contribution in [1.29, 1.82) is 0 Å². The van der Waals surface area contributed by atoms with Gasteiger partial charge in [-0.15, -0.1) is 11.3 Å². The Morgan fingerprint density at radius 3 is 2.53 bits per heavy atom. The Labute approximate surface area is 106 Å². The van der Waals surface area contributed by atoms with Crippen LogP contribution in [-0.4, -0.2) is 24.1 Å². The highest BCUT2D eigenvalue weighted by atomic mass is 32.1. The van der Waals surface area contributed by atoms with Crippen molar-refractivity contribution in [2.75, 3.05) is 7.11 Å². The first kappa shape index (κ1) is 14.1. The molecule has 0 fully saturated rings. The maximum Gasteiger partial charge on any atom is 0.323 e. The van der Waals surface area contributed by atoms with Crippen molar-refractivity contribution in [2.45, 2.75) is 40.3 Å². The summed E-state index contributed by atoms with van der Waals surface area (Å²) in [5.74, 6) is -0.00401. The van der Waals surface area contributed by atoms with Gasteiger partial charge < -0.3 is 4.74 Å². The van der Waals surface area contributed by atoms with Gasteiger partial charge in [0, 0.05) is 11.4 Å². The molecule has 1 N–H and O–H groups in total. The molecule has 0 unspecified atom stereocenters. The van der Waals surface area contributed by atoms with Crippen molar-refractivity contribution >= 4 is 17.3 Å². The summed E-state index contributed by atoms with van der Waals surface area (Å²) in [5.41, 5.74) is 1.03. The molecule has 1 aromatic heterocycles. The number of aryl methyl sites for hydroxylation is 2. The van der Waals surface area contributed by atoms with Crippen LogP contribution in [0.1, 0.15) is 29.4 Å². The number of rotatable bonds is 5. The zero-order chi connectivity index (χ0) is 13.0. The zero-order valence-electron chi connectivity index (χ0n) is 11.0. The quantitative estimate of drug-likeness (QED) is 0.819. The largest absolute Gasteiger partial charge is 0.468 e. The van der Waals surface area contributed by atoms with E-state index < -0.39 is 0 Å². The average Bonchev–Trinajstić information content (AvgIpc) is 2.57. The van der Waals surface area contributed by atoms with Crippen LogP contribution >= 0.6 is 11.3 Å². The Bertz CT molecular complexity index is 388. The number of hydrogen-bond acceptors (Lipinski definition) is 5. The van der Waals surface area contributed by atoms with Crippen LogP contribution in [0.4, 0.5) is 0 Å². The fourth-order valence-corrected chi connectivity index (χ4v) is 2.55. The molecule has 0 aromatic carbocycles. The smallest absolute Gasteiger partial charge is 0.323 e. The van der Waals surface area contributed by atoms with E-state index in [0.717, 1.165) is 10.7 Å². The van der Waals surface area contributed by atoms with Crippen molar-refractivity contribution in [3.8, 4) is 0 Å². The number of methoxy groups -OCH3 is 1. The van der Waals surface area contributed by atoms with Crippen LogP contribution in [0.5, 0.6) is 0 Å². The fourth-order valence-electron chi connectivity index (χ4n) is 1.66. The molecule has 0 aliphatic heterocycles. The Hall–Kier alpha value is -0.940. The van der Waals surface area contributed by atoms with E-state index in [4.69, 9.17) is 4.74 Å². The van der Waals surface area contributed by atoms with Crippen LogP contribution in [0, 0.1) is 19.8 Å². The van der Waals surface area contributed by atoms with Crippen molar-refractivity contribution in [1.82, 2.24) is 10.3 Å². The maximum absolute atomic E-state index is 11.6. The molecule has 0 saturated carbocycles. The number of ether oxygens (including phenoxy) is 1. The van der Waals surface area contributed by atoms with Gasteiger partial charge >= 0.3 is 5.97 Å². The van der Waals surface area contributed by atoms with Gasteiger partial charge in [0.25, 0.3) is 0 Å². The molecule has 1 heterocycles. The molecule has 1 rings (SSSR count). The first-order chi connectivity index (χ1) is 7.95. The SMILES string of the molecule is COC(=O)[C@H](NCc1sc(C)nc1C)C(C)C. The fraction of sp³-hybridized carbons (Fsp3) is 0.667. The second-order valence-corrected chi connectivity index (χ2v) is 5.65. The molecule has 4 nitrogen and oxygen atoms in total. The van der Waals surface area contributed by atoms with Crippen LogP contribution in [0.3, 0.4) is 0 Å². The lowest BCUT2D eigenvalue weighted by Crippen LogP contribution is -2.41. The topological polar surface area (TPSA) is 51.2 Å². The molecule has 1 atom stereocenters. The maximum atomic E-state index is 11.6. The molecule has 0 aliphatic carbocycles. The lowest BCUT2D eigenvalue weighted by Gasteiger charge is -2.19. The number of esters is 1. The van der Waals surface area contributed by atoms with Crippen LogP contribution in [0.25, 0.3) is 0 Å². The van der Waals surface area contributed by atoms with Crippen LogP contribution in [-0.2, 0) is 16.1 Å². The lowest BCUT2D eigenvalue weighted by molar-refractivity contribution is -0.144. The van der Waals surface area contributed by atoms with Gasteiger partial charge in [-0.1, -0.05) is 13.8 Å². The number of carbonyl (C=O) groups is 1. The lowest BCUT2D eigenvalue weighted by atomic mass is 10.0. The number of hydrogen-bond donors (Lipinski definition) is 1. The summed E-state index contributed by atoms with van der Waals surface area (Å²) in [6.45, 7) is 8.64. The summed E-state index contributed by atoms with van der Waals surface area (Å²) in [6.07, 6.45) is 0. The Morgan fingerprint density at radius 1 is 1.47 bits per heavy atom. The number of carbonyl (C=O) groups excluding carboxylic acids is 1. The highest BCUT2D eigenvalue weighted by Gasteiger charge is 2.22. The predicted octanol–water partition coefficient (Wildman–Crippen LogP) is 2.05. The van der Waals surface area contributed by atoms with Crippen molar-refractivity contribution < 1.29 is 9.53 Å². The normalized spacial score (nSPS) is 12.8. The van der Waals surface area contributed by atoms with Gasteiger partial charge in [0.2, 0.25) is 0 Å². The molecular weight excluding hydrogens is 236 g/mol. The van der Waals surface area contributed by atoms with E-state index in [9.17, 15) is 4.79 Å². The van der Waals surface area contributed by atoms with Gasteiger partial charge in [0.05, 0.1) is 17.8 Å². The molecule has 5 heteroatoms. The first-order valence-corrected chi connectivity index (χ1v) is 6.51. The number of nitrogens with zero attached hydrogens (tertiary/aromatic N) is 1. The van der Waals surface area contributed by atoms with Crippen LogP contribution in [0.15, 0.2) is 0 Å². The molecule has 0 spiro atoms. The Morgan fingerprint density at radius 2 is 2.12 bits per heavy atom. The molecular formula is C12H20N2O2S. The van der Waals surface area contributed by atoms with Crippen LogP contribution < -0.4 is 5.32 Å². The number of aromatic nitrogens is 1. The molecule has 0 aliphatic rings. The molecule has 96 valence electrons. The van der Waals surface area contributed by atoms with Crippen LogP contribution in [0.2, 0.25) is 0 Å². The van der Waals surface area contributed by atoms with E-state index >= 15 is 0 Å². The molecule has 0 amide bonds. The number of thiazole rings is 1. The minimum Gasteiger partial charge on any atom is -0.468 e. The molecule has 0 saturated heterocycles. The third-order valence-electron chi connectivity index (χ3n) is 2.60. The molecule has 0 bridgehead atoms. The highest BCUT2D eigenvalue weighted by molar-refractivity contribution is 7.11. The summed E-state index contributed by atoms with van der Waals surface area (Å²) in [6, 6.07) is -0.262. The van der Waals surface area contributed by atoms with Gasteiger partial charge in [0.1, 0.15) is 6.04 Å². The molecule has 0 radical (unpaired) electrons. The number of nitrogens with one attached hydrogen (secondary N) is 1. The zero-order valence-corrected chi connectivity index (χ0v) is 11.9. The second kappa shape index (κ2) is 6.12. The predicted molar refractivity (Wildman–Crippen MR) is 69.1 cm³/mol. The van der Waals surface area contributed by atoms with Gasteiger partial charge in [0.15, 0.2) is 0 Å². The first-order valence-electron chi connectivity index (χ1n) is 5.69. The third-order valence-corrected chi connectivity index (χ3v) is 3.68. The summed E-state index contributed by atoms with van der Waals surface area (Å²) in [5, 5.41) is 4.29. The van der Waals surface area contributed by atoms with Gasteiger partial charge in [-0.05, 0) is 19.8 Å². The highest BCUT2D eigenvalue weighted by Crippen LogP contribution is 2.17. The third kappa shape index (κ3) is 3.78. The van der Waals surface area contributed by atoms with Gasteiger partial charge in [-0.3, -0.25) is 10.1 Å². The molecule has 17 heavy (non-hydrogen) atoms. The van der Waals surface area contributed by atoms with Crippen molar-refractivity contribution in [3.63, 3.8) is 0 Å². The minimum atomic E-state index is -0.262. The van der Waals surface area contributed by atoms with Crippen molar-refractivity contribution in [3.05, 3.63) is 15.6 Å². The standard InChI is InChI=1S/C12H20N2O2S/c1-7(2)11(12(15)16-5)13-6-10-8(3)14-9(4)17-10/h7,11,13H,6H2,1-5H3/t11-/m1/s1. The van der Waals surface area contributed by atoms with E-state index in [0.29, 0.717) is 6.54 Å². The summed E-state index contributed by atoms with van der Waals surface area (Å²) in [4.78, 5) is 17.1. The van der Waals surface area contributed by atoms with E-state index in [-0.39, 0.29) is 17.9 Å². The van der Waals surface area contributed by atoms with E-state index in [1.165, 1.54) is 12.0 Å². The minimum absolute atomic E-state index is 0.205. The summed E-state index contributed by atoms with van der Waals surface area (Å²) < 4.78 is 4.78. The van der Waals surface area contributed by atoms with Gasteiger partial charge in [-0.2, -0.15) is 0 Å². The molecule has 1 aromatic rings. The average molecular weight is 256 g/mol. The second-order valence-electron chi connectivity index (χ2n) is 4.37. The Kier molecular flexibility index (Phi) is 5.08. The van der Waals surface area contributed by atoms with E-state index in [1.54, 1.807) is 11.3 Å².